The molecule has 1 aromatic carbocycles. The zero-order valence-electron chi connectivity index (χ0n) is 13.6. The number of thiazole rings is 1. The van der Waals surface area contributed by atoms with Crippen LogP contribution in [0, 0.1) is 32.1 Å². The van der Waals surface area contributed by atoms with Gasteiger partial charge in [0.05, 0.1) is 17.5 Å². The molecule has 2 heterocycles. The van der Waals surface area contributed by atoms with Crippen molar-refractivity contribution in [2.45, 2.75) is 26.7 Å². The smallest absolute Gasteiger partial charge is 0.186 e. The number of ketones is 1. The number of rotatable bonds is 4. The van der Waals surface area contributed by atoms with Crippen LogP contribution in [0.25, 0.3) is 5.69 Å². The van der Waals surface area contributed by atoms with E-state index in [4.69, 9.17) is 0 Å². The molecule has 120 valence electrons. The van der Waals surface area contributed by atoms with Gasteiger partial charge in [-0.15, -0.1) is 11.3 Å². The van der Waals surface area contributed by atoms with Crippen LogP contribution in [-0.4, -0.2) is 20.5 Å². The van der Waals surface area contributed by atoms with Gasteiger partial charge in [0, 0.05) is 22.3 Å². The summed E-state index contributed by atoms with van der Waals surface area (Å²) in [4.78, 5) is 16.9. The average molecular weight is 336 g/mol. The van der Waals surface area contributed by atoms with Crippen LogP contribution in [0.4, 0.5) is 0 Å². The van der Waals surface area contributed by atoms with Gasteiger partial charge in [-0.1, -0.05) is 0 Å². The van der Waals surface area contributed by atoms with Gasteiger partial charge in [0.25, 0.3) is 0 Å². The minimum atomic E-state index is -0.858. The minimum absolute atomic E-state index is 0.230. The molecule has 5 nitrogen and oxygen atoms in total. The second-order valence-electron chi connectivity index (χ2n) is 5.64. The van der Waals surface area contributed by atoms with Crippen LogP contribution in [0.15, 0.2) is 35.7 Å². The van der Waals surface area contributed by atoms with E-state index < -0.39 is 5.92 Å². The van der Waals surface area contributed by atoms with Crippen molar-refractivity contribution in [3.8, 4) is 11.8 Å². The molecule has 24 heavy (non-hydrogen) atoms. The molecule has 3 rings (SSSR count). The van der Waals surface area contributed by atoms with Crippen molar-refractivity contribution < 1.29 is 4.79 Å². The van der Waals surface area contributed by atoms with Crippen LogP contribution < -0.4 is 0 Å². The lowest BCUT2D eigenvalue weighted by Gasteiger charge is -2.08. The zero-order valence-corrected chi connectivity index (χ0v) is 14.5. The van der Waals surface area contributed by atoms with E-state index in [1.54, 1.807) is 12.1 Å². The van der Waals surface area contributed by atoms with E-state index in [2.05, 4.69) is 16.2 Å². The number of Topliss-reactive ketones (excluding diaryl/α,β-unsaturated/α-hetero) is 1. The van der Waals surface area contributed by atoms with Crippen LogP contribution in [0.1, 0.15) is 38.4 Å². The highest BCUT2D eigenvalue weighted by Gasteiger charge is 2.24. The Morgan fingerprint density at radius 2 is 1.92 bits per heavy atom. The second-order valence-corrected chi connectivity index (χ2v) is 6.53. The third kappa shape index (κ3) is 2.99. The Bertz CT molecular complexity index is 931. The summed E-state index contributed by atoms with van der Waals surface area (Å²) in [7, 11) is 0. The molecule has 0 saturated heterocycles. The van der Waals surface area contributed by atoms with Crippen molar-refractivity contribution in [2.75, 3.05) is 0 Å². The molecule has 0 aliphatic carbocycles. The van der Waals surface area contributed by atoms with Gasteiger partial charge in [-0.25, -0.2) is 9.67 Å². The lowest BCUT2D eigenvalue weighted by Crippen LogP contribution is -2.11. The van der Waals surface area contributed by atoms with E-state index >= 15 is 0 Å². The molecule has 0 radical (unpaired) electrons. The van der Waals surface area contributed by atoms with Gasteiger partial charge in [0.15, 0.2) is 11.7 Å². The molecule has 0 spiro atoms. The Morgan fingerprint density at radius 3 is 2.42 bits per heavy atom. The molecule has 2 aromatic heterocycles. The van der Waals surface area contributed by atoms with E-state index in [-0.39, 0.29) is 5.78 Å². The fraction of sp³-hybridized carbons (Fsp3) is 0.222. The molecule has 3 aromatic rings. The van der Waals surface area contributed by atoms with Crippen molar-refractivity contribution in [1.29, 1.82) is 5.26 Å². The van der Waals surface area contributed by atoms with Crippen molar-refractivity contribution in [3.05, 3.63) is 63.4 Å². The highest BCUT2D eigenvalue weighted by Crippen LogP contribution is 2.24. The zero-order chi connectivity index (χ0) is 17.3. The Labute approximate surface area is 144 Å². The molecular formula is C18H16N4OS. The summed E-state index contributed by atoms with van der Waals surface area (Å²) >= 11 is 1.34. The predicted molar refractivity (Wildman–Crippen MR) is 92.6 cm³/mol. The maximum Gasteiger partial charge on any atom is 0.186 e. The molecule has 0 saturated carbocycles. The summed E-state index contributed by atoms with van der Waals surface area (Å²) < 4.78 is 1.83. The van der Waals surface area contributed by atoms with Crippen molar-refractivity contribution in [1.82, 2.24) is 14.8 Å². The van der Waals surface area contributed by atoms with Gasteiger partial charge in [-0.3, -0.25) is 4.79 Å². The number of aryl methyl sites for hydroxylation is 3. The summed E-state index contributed by atoms with van der Waals surface area (Å²) in [5.74, 6) is -1.09. The number of carbonyl (C=O) groups excluding carboxylic acids is 1. The molecule has 1 atom stereocenters. The first-order chi connectivity index (χ1) is 11.5. The maximum atomic E-state index is 12.6. The first-order valence-corrected chi connectivity index (χ1v) is 8.37. The lowest BCUT2D eigenvalue weighted by molar-refractivity contribution is 0.0979. The average Bonchev–Trinajstić information content (AvgIpc) is 3.13. The molecule has 0 bridgehead atoms. The second kappa shape index (κ2) is 6.38. The number of nitriles is 1. The van der Waals surface area contributed by atoms with Gasteiger partial charge in [0.1, 0.15) is 5.01 Å². The van der Waals surface area contributed by atoms with Crippen LogP contribution in [0.5, 0.6) is 0 Å². The number of hydrogen-bond acceptors (Lipinski definition) is 5. The Balaban J connectivity index is 1.88. The summed E-state index contributed by atoms with van der Waals surface area (Å²) in [6.07, 6.45) is 0. The van der Waals surface area contributed by atoms with Crippen LogP contribution >= 0.6 is 11.3 Å². The first-order valence-electron chi connectivity index (χ1n) is 7.49. The van der Waals surface area contributed by atoms with E-state index in [1.807, 2.05) is 49.0 Å². The quantitative estimate of drug-likeness (QED) is 0.680. The number of hydrogen-bond donors (Lipinski definition) is 0. The standard InChI is InChI=1S/C18H16N4OS/c1-11-8-13(3)22(21-11)15-6-4-14(5-7-15)17(23)16(9-19)18-20-12(2)10-24-18/h4-8,10,16H,1-3H3. The summed E-state index contributed by atoms with van der Waals surface area (Å²) in [5.41, 5.74) is 4.18. The molecule has 0 amide bonds. The first kappa shape index (κ1) is 16.1. The summed E-state index contributed by atoms with van der Waals surface area (Å²) in [6.45, 7) is 5.77. The van der Waals surface area contributed by atoms with E-state index in [9.17, 15) is 10.1 Å². The topological polar surface area (TPSA) is 71.6 Å². The van der Waals surface area contributed by atoms with E-state index in [0.29, 0.717) is 10.6 Å². The lowest BCUT2D eigenvalue weighted by atomic mass is 9.99. The predicted octanol–water partition coefficient (Wildman–Crippen LogP) is 3.74. The largest absolute Gasteiger partial charge is 0.292 e. The third-order valence-electron chi connectivity index (χ3n) is 3.68. The Kier molecular flexibility index (Phi) is 4.28. The normalized spacial score (nSPS) is 11.9. The number of aromatic nitrogens is 3. The van der Waals surface area contributed by atoms with Gasteiger partial charge in [-0.2, -0.15) is 10.4 Å². The molecule has 0 aliphatic rings. The minimum Gasteiger partial charge on any atom is -0.292 e. The molecular weight excluding hydrogens is 320 g/mol. The highest BCUT2D eigenvalue weighted by molar-refractivity contribution is 7.10. The molecule has 0 aliphatic heterocycles. The summed E-state index contributed by atoms with van der Waals surface area (Å²) in [6, 6.07) is 11.2. The molecule has 1 unspecified atom stereocenters. The third-order valence-corrected chi connectivity index (χ3v) is 4.71. The van der Waals surface area contributed by atoms with Gasteiger partial charge >= 0.3 is 0 Å². The number of benzene rings is 1. The number of carbonyl (C=O) groups is 1. The SMILES string of the molecule is Cc1csc(C(C#N)C(=O)c2ccc(-n3nc(C)cc3C)cc2)n1. The molecule has 6 heteroatoms. The van der Waals surface area contributed by atoms with Crippen LogP contribution in [0.2, 0.25) is 0 Å². The Morgan fingerprint density at radius 1 is 1.21 bits per heavy atom. The van der Waals surface area contributed by atoms with Gasteiger partial charge in [0.2, 0.25) is 0 Å². The fourth-order valence-corrected chi connectivity index (χ4v) is 3.39. The van der Waals surface area contributed by atoms with Gasteiger partial charge in [-0.05, 0) is 51.1 Å². The van der Waals surface area contributed by atoms with Gasteiger partial charge < -0.3 is 0 Å². The van der Waals surface area contributed by atoms with E-state index in [1.165, 1.54) is 11.3 Å². The molecule has 0 N–H and O–H groups in total. The number of nitrogens with zero attached hydrogens (tertiary/aromatic N) is 4. The van der Waals surface area contributed by atoms with Crippen molar-refractivity contribution >= 4 is 17.1 Å². The van der Waals surface area contributed by atoms with Crippen molar-refractivity contribution in [3.63, 3.8) is 0 Å². The van der Waals surface area contributed by atoms with Crippen LogP contribution in [0.3, 0.4) is 0 Å². The molecule has 0 fully saturated rings. The monoisotopic (exact) mass is 336 g/mol. The maximum absolute atomic E-state index is 12.6. The Hall–Kier alpha value is -2.78. The van der Waals surface area contributed by atoms with Crippen molar-refractivity contribution in [2.24, 2.45) is 0 Å². The highest BCUT2D eigenvalue weighted by atomic mass is 32.1. The van der Waals surface area contributed by atoms with E-state index in [0.717, 1.165) is 22.8 Å². The van der Waals surface area contributed by atoms with Crippen LogP contribution in [-0.2, 0) is 0 Å². The summed E-state index contributed by atoms with van der Waals surface area (Å²) in [5, 5.41) is 16.2. The fourth-order valence-electron chi connectivity index (χ4n) is 2.55.